The second-order valence-corrected chi connectivity index (χ2v) is 22.8. The van der Waals surface area contributed by atoms with Crippen molar-refractivity contribution in [1.82, 2.24) is 0 Å². The summed E-state index contributed by atoms with van der Waals surface area (Å²) < 4.78 is 24.3. The van der Waals surface area contributed by atoms with Gasteiger partial charge in [0.25, 0.3) is 0 Å². The molecule has 72 heavy (non-hydrogen) atoms. The van der Waals surface area contributed by atoms with E-state index in [1.54, 1.807) is 0 Å². The van der Waals surface area contributed by atoms with Crippen LogP contribution in [0.3, 0.4) is 0 Å². The number of ketones is 2. The lowest BCUT2D eigenvalue weighted by Crippen LogP contribution is -2.58. The molecule has 0 amide bonds. The molecule has 0 saturated heterocycles. The van der Waals surface area contributed by atoms with E-state index >= 15 is 0 Å². The number of hydrogen-bond acceptors (Lipinski definition) is 7. The van der Waals surface area contributed by atoms with Crippen LogP contribution in [0, 0.1) is 47.4 Å². The highest BCUT2D eigenvalue weighted by atomic mass is 31.2. The topological polar surface area (TPSA) is 130 Å². The number of phosphoric acid groups is 1. The van der Waals surface area contributed by atoms with Crippen molar-refractivity contribution in [3.05, 3.63) is 0 Å². The van der Waals surface area contributed by atoms with Gasteiger partial charge in [-0.25, -0.2) is 4.57 Å². The van der Waals surface area contributed by atoms with E-state index in [0.717, 1.165) is 51.4 Å². The van der Waals surface area contributed by atoms with Gasteiger partial charge in [0.1, 0.15) is 19.3 Å². The minimum absolute atomic E-state index is 0.181. The fraction of sp³-hybridized carbons (Fsp3) is 0.839. The number of unbranched alkanes of at least 4 members (excludes halogenated alkanes) is 36. The third-order valence-electron chi connectivity index (χ3n) is 13.4. The van der Waals surface area contributed by atoms with Crippen LogP contribution in [-0.4, -0.2) is 83.8 Å². The Hall–Kier alpha value is -2.43. The molecule has 0 aliphatic carbocycles. The summed E-state index contributed by atoms with van der Waals surface area (Å²) >= 11 is 0. The van der Waals surface area contributed by atoms with Gasteiger partial charge in [0.05, 0.1) is 27.7 Å². The summed E-state index contributed by atoms with van der Waals surface area (Å²) in [7, 11) is 0.624. The first-order chi connectivity index (χ1) is 34.9. The van der Waals surface area contributed by atoms with Gasteiger partial charge < -0.3 is 19.6 Å². The van der Waals surface area contributed by atoms with Crippen molar-refractivity contribution in [3.63, 3.8) is 0 Å². The summed E-state index contributed by atoms with van der Waals surface area (Å²) in [5.74, 6) is 22.7. The Morgan fingerprint density at radius 1 is 0.472 bits per heavy atom. The highest BCUT2D eigenvalue weighted by Crippen LogP contribution is 2.49. The van der Waals surface area contributed by atoms with Gasteiger partial charge in [-0.1, -0.05) is 230 Å². The zero-order valence-electron chi connectivity index (χ0n) is 47.2. The summed E-state index contributed by atoms with van der Waals surface area (Å²) in [5, 5.41) is 21.1. The molecular weight excluding hydrogens is 918 g/mol. The lowest BCUT2D eigenvalue weighted by Gasteiger charge is -2.35. The van der Waals surface area contributed by atoms with E-state index in [1.165, 1.54) is 167 Å². The Balaban J connectivity index is 4.73. The quantitative estimate of drug-likeness (QED) is 0.0181. The molecule has 2 atom stereocenters. The molecule has 0 aliphatic heterocycles. The van der Waals surface area contributed by atoms with E-state index in [1.807, 2.05) is 21.1 Å². The van der Waals surface area contributed by atoms with Crippen molar-refractivity contribution in [3.8, 4) is 47.4 Å². The van der Waals surface area contributed by atoms with Crippen LogP contribution in [0.4, 0.5) is 0 Å². The molecule has 0 radical (unpaired) electrons. The first kappa shape index (κ1) is 69.6. The van der Waals surface area contributed by atoms with Crippen LogP contribution < -0.4 is 0 Å². The van der Waals surface area contributed by atoms with E-state index in [9.17, 15) is 29.3 Å². The predicted octanol–water partition coefficient (Wildman–Crippen LogP) is 15.5. The number of aliphatic hydroxyl groups is 2. The second kappa shape index (κ2) is 49.4. The third-order valence-corrected chi connectivity index (χ3v) is 14.5. The van der Waals surface area contributed by atoms with Gasteiger partial charge >= 0.3 is 7.82 Å². The number of rotatable bonds is 50. The smallest absolute Gasteiger partial charge is 0.394 e. The number of carbonyl (C=O) groups excluding carboxylic acids is 2. The highest BCUT2D eigenvalue weighted by Gasteiger charge is 2.55. The average molecular weight is 1030 g/mol. The standard InChI is InChI=1S/C62H108NO8P/c1-6-8-10-12-14-16-18-20-22-24-26-28-30-32-34-36-38-40-42-44-46-48-50-52-54-59(65)62(61(67)58-64,71-72(68,69)70-57-56-63(3,4)5)60(66)55-53-51-49-47-45-43-41-39-37-35-33-31-29-27-25-23-21-19-17-15-13-11-9-7-2/h61,64,67H,6-35,44-58H2,1-5H3/p+1/t61-/m0/s1. The molecule has 0 aliphatic rings. The Kier molecular flexibility index (Phi) is 47.8. The van der Waals surface area contributed by atoms with Gasteiger partial charge in [-0.3, -0.25) is 18.6 Å². The molecule has 0 aromatic heterocycles. The summed E-state index contributed by atoms with van der Waals surface area (Å²) in [6.45, 7) is 3.68. The summed E-state index contributed by atoms with van der Waals surface area (Å²) in [6.07, 6.45) is 43.4. The number of likely N-dealkylation sites (N-methyl/N-ethyl adjacent to an activating group) is 1. The molecule has 1 unspecified atom stereocenters. The van der Waals surface area contributed by atoms with Crippen molar-refractivity contribution in [2.75, 3.05) is 40.9 Å². The van der Waals surface area contributed by atoms with Gasteiger partial charge in [0, 0.05) is 38.5 Å². The van der Waals surface area contributed by atoms with Crippen LogP contribution in [0.15, 0.2) is 0 Å². The maximum absolute atomic E-state index is 13.9. The zero-order valence-corrected chi connectivity index (χ0v) is 48.1. The second-order valence-electron chi connectivity index (χ2n) is 21.4. The van der Waals surface area contributed by atoms with E-state index in [-0.39, 0.29) is 19.4 Å². The average Bonchev–Trinajstić information content (AvgIpc) is 3.34. The van der Waals surface area contributed by atoms with Gasteiger partial charge in [-0.15, -0.1) is 0 Å². The normalized spacial score (nSPS) is 12.6. The number of hydrogen-bond donors (Lipinski definition) is 3. The molecule has 0 rings (SSSR count). The molecule has 3 N–H and O–H groups in total. The zero-order chi connectivity index (χ0) is 53.1. The Labute approximate surface area is 443 Å². The SMILES string of the molecule is CCCCCCCCCCCCCCCCC#CC#CCCCCCCC(=O)C(OP(=O)(O)OCC[N+](C)(C)C)(C(=O)CCCCCCC#CC#CCCCCCCCCCCCCCCCC)[C@@H](O)CO. The van der Waals surface area contributed by atoms with Gasteiger partial charge in [0.2, 0.25) is 5.60 Å². The van der Waals surface area contributed by atoms with Crippen molar-refractivity contribution in [1.29, 1.82) is 0 Å². The van der Waals surface area contributed by atoms with Crippen LogP contribution in [0.2, 0.25) is 0 Å². The fourth-order valence-corrected chi connectivity index (χ4v) is 9.83. The monoisotopic (exact) mass is 1030 g/mol. The molecule has 9 nitrogen and oxygen atoms in total. The van der Waals surface area contributed by atoms with Crippen molar-refractivity contribution in [2.24, 2.45) is 0 Å². The largest absolute Gasteiger partial charge is 0.473 e. The Bertz CT molecular complexity index is 1530. The van der Waals surface area contributed by atoms with E-state index in [4.69, 9.17) is 9.05 Å². The summed E-state index contributed by atoms with van der Waals surface area (Å²) in [5.41, 5.74) is -2.73. The molecule has 0 bridgehead atoms. The Morgan fingerprint density at radius 2 is 0.736 bits per heavy atom. The van der Waals surface area contributed by atoms with Crippen molar-refractivity contribution < 1.29 is 42.8 Å². The third kappa shape index (κ3) is 42.9. The molecule has 0 aromatic rings. The molecule has 0 spiro atoms. The molecular formula is C62H109NO8P+. The lowest BCUT2D eigenvalue weighted by molar-refractivity contribution is -0.870. The Morgan fingerprint density at radius 3 is 1.00 bits per heavy atom. The number of carbonyl (C=O) groups is 2. The number of quaternary nitrogens is 1. The maximum atomic E-state index is 13.9. The fourth-order valence-electron chi connectivity index (χ4n) is 8.78. The minimum Gasteiger partial charge on any atom is -0.394 e. The molecule has 0 fully saturated rings. The first-order valence-corrected chi connectivity index (χ1v) is 31.1. The maximum Gasteiger partial charge on any atom is 0.473 e. The first-order valence-electron chi connectivity index (χ1n) is 29.6. The van der Waals surface area contributed by atoms with Crippen molar-refractivity contribution >= 4 is 19.4 Å². The van der Waals surface area contributed by atoms with E-state index in [0.29, 0.717) is 49.6 Å². The summed E-state index contributed by atoms with van der Waals surface area (Å²) in [4.78, 5) is 38.6. The van der Waals surface area contributed by atoms with Crippen molar-refractivity contribution in [2.45, 2.75) is 295 Å². The minimum atomic E-state index is -5.02. The van der Waals surface area contributed by atoms with Gasteiger partial charge in [-0.2, -0.15) is 0 Å². The number of aliphatic hydroxyl groups excluding tert-OH is 2. The highest BCUT2D eigenvalue weighted by molar-refractivity contribution is 7.47. The van der Waals surface area contributed by atoms with Crippen LogP contribution in [0.5, 0.6) is 0 Å². The van der Waals surface area contributed by atoms with E-state index < -0.39 is 37.7 Å². The summed E-state index contributed by atoms with van der Waals surface area (Å²) in [6, 6.07) is 0. The van der Waals surface area contributed by atoms with E-state index in [2.05, 4.69) is 61.2 Å². The molecule has 414 valence electrons. The molecule has 0 saturated carbocycles. The van der Waals surface area contributed by atoms with Crippen LogP contribution >= 0.6 is 7.82 Å². The lowest BCUT2D eigenvalue weighted by atomic mass is 9.82. The predicted molar refractivity (Wildman–Crippen MR) is 302 cm³/mol. The molecule has 0 heterocycles. The van der Waals surface area contributed by atoms with Gasteiger partial charge in [-0.05, 0) is 62.2 Å². The van der Waals surface area contributed by atoms with Crippen LogP contribution in [-0.2, 0) is 23.2 Å². The number of phosphoric ester groups is 1. The van der Waals surface area contributed by atoms with Crippen LogP contribution in [0.1, 0.15) is 284 Å². The molecule has 10 heteroatoms. The van der Waals surface area contributed by atoms with Gasteiger partial charge in [0.15, 0.2) is 11.6 Å². The molecule has 0 aromatic carbocycles. The van der Waals surface area contributed by atoms with Crippen LogP contribution in [0.25, 0.3) is 0 Å². The number of Topliss-reactive ketones (excluding diaryl/α,β-unsaturated/α-hetero) is 2. The number of nitrogens with zero attached hydrogens (tertiary/aromatic N) is 1.